The third-order valence-corrected chi connectivity index (χ3v) is 4.28. The van der Waals surface area contributed by atoms with Gasteiger partial charge in [-0.05, 0) is 37.3 Å². The van der Waals surface area contributed by atoms with E-state index in [0.29, 0.717) is 29.7 Å². The Kier molecular flexibility index (Phi) is 5.80. The van der Waals surface area contributed by atoms with Crippen LogP contribution in [0.2, 0.25) is 0 Å². The fourth-order valence-corrected chi connectivity index (χ4v) is 2.98. The maximum atomic E-state index is 13.8. The first-order valence-corrected chi connectivity index (χ1v) is 7.38. The van der Waals surface area contributed by atoms with E-state index in [2.05, 4.69) is 5.32 Å². The van der Waals surface area contributed by atoms with Gasteiger partial charge in [-0.2, -0.15) is 0 Å². The van der Waals surface area contributed by atoms with Gasteiger partial charge in [-0.3, -0.25) is 0 Å². The summed E-state index contributed by atoms with van der Waals surface area (Å²) in [6.45, 7) is 1.63. The van der Waals surface area contributed by atoms with E-state index in [-0.39, 0.29) is 12.4 Å². The van der Waals surface area contributed by atoms with Crippen LogP contribution in [-0.2, 0) is 6.54 Å². The number of aliphatic hydroxyl groups excluding tert-OH is 1. The highest BCUT2D eigenvalue weighted by atomic mass is 19.1. The van der Waals surface area contributed by atoms with Gasteiger partial charge in [0, 0.05) is 24.8 Å². The van der Waals surface area contributed by atoms with Gasteiger partial charge in [0.1, 0.15) is 11.6 Å². The number of hydrogen-bond acceptors (Lipinski definition) is 3. The van der Waals surface area contributed by atoms with Crippen LogP contribution in [0.15, 0.2) is 18.2 Å². The zero-order valence-corrected chi connectivity index (χ0v) is 12.1. The second-order valence-electron chi connectivity index (χ2n) is 5.58. The lowest BCUT2D eigenvalue weighted by Crippen LogP contribution is -2.32. The molecule has 0 amide bonds. The van der Waals surface area contributed by atoms with Crippen molar-refractivity contribution in [3.8, 4) is 5.75 Å². The van der Waals surface area contributed by atoms with Crippen LogP contribution in [0.3, 0.4) is 0 Å². The second kappa shape index (κ2) is 7.60. The summed E-state index contributed by atoms with van der Waals surface area (Å²) in [5.41, 5.74) is 0.655. The molecule has 3 nitrogen and oxygen atoms in total. The lowest BCUT2D eigenvalue weighted by molar-refractivity contribution is 0.133. The van der Waals surface area contributed by atoms with Crippen molar-refractivity contribution in [2.75, 3.05) is 20.3 Å². The molecule has 2 unspecified atom stereocenters. The summed E-state index contributed by atoms with van der Waals surface area (Å²) in [4.78, 5) is 0. The van der Waals surface area contributed by atoms with Crippen LogP contribution < -0.4 is 10.1 Å². The largest absolute Gasteiger partial charge is 0.497 e. The molecule has 1 aromatic carbocycles. The van der Waals surface area contributed by atoms with Crippen molar-refractivity contribution in [1.29, 1.82) is 0 Å². The molecular weight excluding hydrogens is 257 g/mol. The molecule has 0 aliphatic heterocycles. The molecule has 2 rings (SSSR count). The fourth-order valence-electron chi connectivity index (χ4n) is 2.98. The summed E-state index contributed by atoms with van der Waals surface area (Å²) in [5.74, 6) is 1.21. The van der Waals surface area contributed by atoms with Gasteiger partial charge < -0.3 is 15.2 Å². The number of benzene rings is 1. The smallest absolute Gasteiger partial charge is 0.131 e. The molecule has 0 saturated heterocycles. The van der Waals surface area contributed by atoms with Gasteiger partial charge in [-0.1, -0.05) is 18.9 Å². The first-order chi connectivity index (χ1) is 9.74. The van der Waals surface area contributed by atoms with E-state index < -0.39 is 0 Å². The third-order valence-electron chi connectivity index (χ3n) is 4.28. The summed E-state index contributed by atoms with van der Waals surface area (Å²) in [7, 11) is 1.53. The minimum Gasteiger partial charge on any atom is -0.497 e. The molecule has 2 N–H and O–H groups in total. The van der Waals surface area contributed by atoms with Crippen molar-refractivity contribution in [3.05, 3.63) is 29.6 Å². The Bertz CT molecular complexity index is 425. The van der Waals surface area contributed by atoms with Gasteiger partial charge in [0.25, 0.3) is 0 Å². The molecular formula is C16H24FNO2. The van der Waals surface area contributed by atoms with Gasteiger partial charge >= 0.3 is 0 Å². The average Bonchev–Trinajstić information content (AvgIpc) is 2.49. The van der Waals surface area contributed by atoms with Crippen LogP contribution in [-0.4, -0.2) is 25.4 Å². The molecule has 1 saturated carbocycles. The Balaban J connectivity index is 1.83. The predicted octanol–water partition coefficient (Wildman–Crippen LogP) is 2.72. The Morgan fingerprint density at radius 3 is 2.70 bits per heavy atom. The van der Waals surface area contributed by atoms with Gasteiger partial charge in [0.2, 0.25) is 0 Å². The molecule has 0 spiro atoms. The number of aliphatic hydroxyl groups is 1. The summed E-state index contributed by atoms with van der Waals surface area (Å²) in [5, 5.41) is 12.7. The van der Waals surface area contributed by atoms with Crippen LogP contribution in [0.1, 0.15) is 31.2 Å². The summed E-state index contributed by atoms with van der Waals surface area (Å²) >= 11 is 0. The number of halogens is 1. The maximum Gasteiger partial charge on any atom is 0.131 e. The normalized spacial score (nSPS) is 22.8. The first kappa shape index (κ1) is 15.3. The highest BCUT2D eigenvalue weighted by Crippen LogP contribution is 2.29. The SMILES string of the molecule is COc1ccc(CNCC2CCCCC2CO)c(F)c1. The Morgan fingerprint density at radius 1 is 1.30 bits per heavy atom. The molecule has 1 aromatic rings. The van der Waals surface area contributed by atoms with E-state index in [1.54, 1.807) is 12.1 Å². The first-order valence-electron chi connectivity index (χ1n) is 7.38. The number of ether oxygens (including phenoxy) is 1. The van der Waals surface area contributed by atoms with E-state index in [0.717, 1.165) is 19.4 Å². The number of nitrogens with one attached hydrogen (secondary N) is 1. The van der Waals surface area contributed by atoms with Crippen molar-refractivity contribution >= 4 is 0 Å². The van der Waals surface area contributed by atoms with E-state index in [1.807, 2.05) is 0 Å². The quantitative estimate of drug-likeness (QED) is 0.842. The number of hydrogen-bond donors (Lipinski definition) is 2. The molecule has 0 bridgehead atoms. The lowest BCUT2D eigenvalue weighted by atomic mass is 9.79. The van der Waals surface area contributed by atoms with Crippen molar-refractivity contribution < 1.29 is 14.2 Å². The van der Waals surface area contributed by atoms with E-state index in [9.17, 15) is 9.50 Å². The highest BCUT2D eigenvalue weighted by molar-refractivity contribution is 5.28. The van der Waals surface area contributed by atoms with Crippen LogP contribution in [0.5, 0.6) is 5.75 Å². The molecule has 20 heavy (non-hydrogen) atoms. The standard InChI is InChI=1S/C16H24FNO2/c1-20-15-7-6-13(16(17)8-15)10-18-9-12-4-2-3-5-14(12)11-19/h6-8,12,14,18-19H,2-5,9-11H2,1H3. The summed E-state index contributed by atoms with van der Waals surface area (Å²) < 4.78 is 18.8. The zero-order valence-electron chi connectivity index (χ0n) is 12.1. The minimum absolute atomic E-state index is 0.237. The van der Waals surface area contributed by atoms with E-state index >= 15 is 0 Å². The van der Waals surface area contributed by atoms with Gasteiger partial charge in [-0.15, -0.1) is 0 Å². The molecule has 0 radical (unpaired) electrons. The van der Waals surface area contributed by atoms with Crippen molar-refractivity contribution in [1.82, 2.24) is 5.32 Å². The zero-order chi connectivity index (χ0) is 14.4. The third kappa shape index (κ3) is 3.93. The molecule has 0 heterocycles. The van der Waals surface area contributed by atoms with Gasteiger partial charge in [-0.25, -0.2) is 4.39 Å². The Labute approximate surface area is 120 Å². The molecule has 112 valence electrons. The predicted molar refractivity (Wildman–Crippen MR) is 77.2 cm³/mol. The van der Waals surface area contributed by atoms with Crippen molar-refractivity contribution in [2.45, 2.75) is 32.2 Å². The molecule has 1 aliphatic carbocycles. The van der Waals surface area contributed by atoms with Crippen molar-refractivity contribution in [3.63, 3.8) is 0 Å². The highest BCUT2D eigenvalue weighted by Gasteiger charge is 2.23. The molecule has 4 heteroatoms. The van der Waals surface area contributed by atoms with Crippen LogP contribution in [0.4, 0.5) is 4.39 Å². The second-order valence-corrected chi connectivity index (χ2v) is 5.58. The Hall–Kier alpha value is -1.13. The molecule has 2 atom stereocenters. The molecule has 1 aliphatic rings. The number of methoxy groups -OCH3 is 1. The van der Waals surface area contributed by atoms with Crippen LogP contribution in [0, 0.1) is 17.7 Å². The molecule has 1 fully saturated rings. The topological polar surface area (TPSA) is 41.5 Å². The van der Waals surface area contributed by atoms with Gasteiger partial charge in [0.15, 0.2) is 0 Å². The Morgan fingerprint density at radius 2 is 2.05 bits per heavy atom. The van der Waals surface area contributed by atoms with Gasteiger partial charge in [0.05, 0.1) is 7.11 Å². The number of rotatable bonds is 6. The maximum absolute atomic E-state index is 13.8. The summed E-state index contributed by atoms with van der Waals surface area (Å²) in [6.07, 6.45) is 4.72. The average molecular weight is 281 g/mol. The molecule has 0 aromatic heterocycles. The fraction of sp³-hybridized carbons (Fsp3) is 0.625. The minimum atomic E-state index is -0.237. The van der Waals surface area contributed by atoms with Crippen LogP contribution in [0.25, 0.3) is 0 Å². The van der Waals surface area contributed by atoms with E-state index in [1.165, 1.54) is 26.0 Å². The van der Waals surface area contributed by atoms with Crippen molar-refractivity contribution in [2.24, 2.45) is 11.8 Å². The van der Waals surface area contributed by atoms with E-state index in [4.69, 9.17) is 4.74 Å². The summed E-state index contributed by atoms with van der Waals surface area (Å²) in [6, 6.07) is 4.94. The lowest BCUT2D eigenvalue weighted by Gasteiger charge is -2.30. The monoisotopic (exact) mass is 281 g/mol. The van der Waals surface area contributed by atoms with Crippen LogP contribution >= 0.6 is 0 Å².